The van der Waals surface area contributed by atoms with Crippen molar-refractivity contribution in [2.75, 3.05) is 0 Å². The molecule has 3 heterocycles. The zero-order chi connectivity index (χ0) is 15.7. The number of nitrogens with zero attached hydrogens (tertiary/aromatic N) is 1. The van der Waals surface area contributed by atoms with Crippen molar-refractivity contribution in [2.24, 2.45) is 0 Å². The second-order valence-corrected chi connectivity index (χ2v) is 3.94. The summed E-state index contributed by atoms with van der Waals surface area (Å²) in [4.78, 5) is 49.6. The third kappa shape index (κ3) is 2.54. The first-order valence-electron chi connectivity index (χ1n) is 5.79. The van der Waals surface area contributed by atoms with Crippen molar-refractivity contribution in [1.82, 2.24) is 4.98 Å². The fourth-order valence-corrected chi connectivity index (χ4v) is 1.59. The van der Waals surface area contributed by atoms with Gasteiger partial charge in [-0.15, -0.1) is 0 Å². The molecule has 3 aromatic heterocycles. The van der Waals surface area contributed by atoms with E-state index in [1.165, 1.54) is 0 Å². The van der Waals surface area contributed by atoms with Crippen molar-refractivity contribution in [1.29, 1.82) is 0 Å². The Hall–Kier alpha value is -3.49. The molecule has 22 heavy (non-hydrogen) atoms. The summed E-state index contributed by atoms with van der Waals surface area (Å²) in [5.41, 5.74) is -5.09. The molecule has 0 radical (unpaired) electrons. The quantitative estimate of drug-likeness (QED) is 0.575. The standard InChI is InChI=1S/C13H5NO8/c15-7-1-2-8(16)20-11-6(19-7)5-14-13-12(11)21-9(17)3-4-10(18)22-13/h1-5H. The second kappa shape index (κ2) is 5.13. The third-order valence-corrected chi connectivity index (χ3v) is 2.45. The van der Waals surface area contributed by atoms with Gasteiger partial charge in [-0.2, -0.15) is 0 Å². The van der Waals surface area contributed by atoms with Crippen LogP contribution in [0.3, 0.4) is 0 Å². The summed E-state index contributed by atoms with van der Waals surface area (Å²) in [6.45, 7) is 0. The van der Waals surface area contributed by atoms with Crippen LogP contribution in [0.5, 0.6) is 0 Å². The van der Waals surface area contributed by atoms with Crippen LogP contribution < -0.4 is 22.5 Å². The van der Waals surface area contributed by atoms with Crippen molar-refractivity contribution in [3.8, 4) is 0 Å². The highest BCUT2D eigenvalue weighted by molar-refractivity contribution is 5.91. The second-order valence-electron chi connectivity index (χ2n) is 3.94. The normalized spacial score (nSPS) is 10.5. The molecule has 0 atom stereocenters. The Labute approximate surface area is 118 Å². The van der Waals surface area contributed by atoms with Crippen molar-refractivity contribution >= 4 is 22.5 Å². The average molecular weight is 303 g/mol. The Morgan fingerprint density at radius 2 is 1.14 bits per heavy atom. The van der Waals surface area contributed by atoms with Crippen LogP contribution in [-0.4, -0.2) is 4.98 Å². The largest absolute Gasteiger partial charge is 0.418 e. The lowest BCUT2D eigenvalue weighted by Crippen LogP contribution is -2.03. The average Bonchev–Trinajstić information content (AvgIpc) is 2.45. The van der Waals surface area contributed by atoms with E-state index in [9.17, 15) is 19.2 Å². The number of pyridine rings is 1. The van der Waals surface area contributed by atoms with E-state index < -0.39 is 39.4 Å². The van der Waals surface area contributed by atoms with E-state index in [4.69, 9.17) is 17.7 Å². The van der Waals surface area contributed by atoms with Gasteiger partial charge in [-0.1, -0.05) is 0 Å². The van der Waals surface area contributed by atoms with Crippen LogP contribution in [0, 0.1) is 0 Å². The fourth-order valence-electron chi connectivity index (χ4n) is 1.59. The molecule has 9 heteroatoms. The minimum absolute atomic E-state index is 0.269. The predicted molar refractivity (Wildman–Crippen MR) is 71.0 cm³/mol. The van der Waals surface area contributed by atoms with Gasteiger partial charge in [0.1, 0.15) is 0 Å². The van der Waals surface area contributed by atoms with Crippen LogP contribution in [0.1, 0.15) is 0 Å². The van der Waals surface area contributed by atoms with Gasteiger partial charge in [0.05, 0.1) is 6.20 Å². The molecule has 3 rings (SSSR count). The van der Waals surface area contributed by atoms with Crippen LogP contribution in [-0.2, 0) is 0 Å². The van der Waals surface area contributed by atoms with Crippen LogP contribution in [0.25, 0.3) is 22.5 Å². The lowest BCUT2D eigenvalue weighted by atomic mass is 10.4. The van der Waals surface area contributed by atoms with E-state index in [-0.39, 0.29) is 5.58 Å². The highest BCUT2D eigenvalue weighted by Crippen LogP contribution is 2.17. The maximum atomic E-state index is 11.5. The molecule has 0 N–H and O–H groups in total. The SMILES string of the molecule is O=c1ccc(=O)oc2c(cnc3oc(=O)ccc(=O)oc32)o1. The lowest BCUT2D eigenvalue weighted by Gasteiger charge is -1.94. The molecule has 0 saturated heterocycles. The Bertz CT molecular complexity index is 1070. The summed E-state index contributed by atoms with van der Waals surface area (Å²) < 4.78 is 19.5. The minimum Gasteiger partial charge on any atom is -0.418 e. The smallest absolute Gasteiger partial charge is 0.337 e. The van der Waals surface area contributed by atoms with Gasteiger partial charge in [0.15, 0.2) is 5.58 Å². The molecule has 0 spiro atoms. The molecular formula is C13H5NO8. The number of fused-ring (bicyclic) bond motifs is 3. The Morgan fingerprint density at radius 1 is 0.636 bits per heavy atom. The molecule has 3 aromatic rings. The maximum absolute atomic E-state index is 11.5. The molecule has 9 nitrogen and oxygen atoms in total. The van der Waals surface area contributed by atoms with E-state index in [0.29, 0.717) is 0 Å². The predicted octanol–water partition coefficient (Wildman–Crippen LogP) is 0.325. The number of hydrogen-bond donors (Lipinski definition) is 0. The van der Waals surface area contributed by atoms with Crippen LogP contribution in [0.15, 0.2) is 67.3 Å². The van der Waals surface area contributed by atoms with Gasteiger partial charge in [0.25, 0.3) is 5.71 Å². The Balaban J connectivity index is 2.73. The zero-order valence-electron chi connectivity index (χ0n) is 10.6. The summed E-state index contributed by atoms with van der Waals surface area (Å²) in [5, 5.41) is 0. The van der Waals surface area contributed by atoms with Crippen LogP contribution >= 0.6 is 0 Å². The van der Waals surface area contributed by atoms with E-state index in [0.717, 1.165) is 30.5 Å². The van der Waals surface area contributed by atoms with Gasteiger partial charge >= 0.3 is 22.5 Å². The van der Waals surface area contributed by atoms with Gasteiger partial charge in [0.2, 0.25) is 11.2 Å². The van der Waals surface area contributed by atoms with E-state index in [2.05, 4.69) is 4.98 Å². The molecule has 0 unspecified atom stereocenters. The zero-order valence-corrected chi connectivity index (χ0v) is 10.6. The van der Waals surface area contributed by atoms with E-state index in [1.807, 2.05) is 0 Å². The summed E-state index contributed by atoms with van der Waals surface area (Å²) in [7, 11) is 0. The molecule has 0 fully saturated rings. The van der Waals surface area contributed by atoms with Gasteiger partial charge in [-0.3, -0.25) is 0 Å². The Morgan fingerprint density at radius 3 is 1.77 bits per heavy atom. The van der Waals surface area contributed by atoms with Gasteiger partial charge in [0, 0.05) is 24.3 Å². The maximum Gasteiger partial charge on any atom is 0.337 e. The number of aromatic nitrogens is 1. The highest BCUT2D eigenvalue weighted by Gasteiger charge is 2.10. The van der Waals surface area contributed by atoms with Gasteiger partial charge < -0.3 is 17.7 Å². The van der Waals surface area contributed by atoms with Gasteiger partial charge in [-0.25, -0.2) is 24.2 Å². The van der Waals surface area contributed by atoms with Crippen LogP contribution in [0.2, 0.25) is 0 Å². The van der Waals surface area contributed by atoms with Crippen molar-refractivity contribution in [3.63, 3.8) is 0 Å². The molecule has 0 aliphatic rings. The first-order chi connectivity index (χ1) is 10.5. The summed E-state index contributed by atoms with van der Waals surface area (Å²) in [6.07, 6.45) is 0.991. The van der Waals surface area contributed by atoms with Crippen LogP contribution in [0.4, 0.5) is 0 Å². The fraction of sp³-hybridized carbons (Fsp3) is 0. The van der Waals surface area contributed by atoms with Crippen molar-refractivity contribution < 1.29 is 17.7 Å². The molecule has 0 saturated carbocycles. The van der Waals surface area contributed by atoms with Crippen molar-refractivity contribution in [3.05, 3.63) is 72.1 Å². The molecule has 110 valence electrons. The molecule has 0 amide bonds. The summed E-state index contributed by atoms with van der Waals surface area (Å²) in [6, 6.07) is 3.35. The highest BCUT2D eigenvalue weighted by atomic mass is 16.4. The first kappa shape index (κ1) is 13.5. The molecule has 0 aromatic carbocycles. The summed E-state index contributed by atoms with van der Waals surface area (Å²) >= 11 is 0. The van der Waals surface area contributed by atoms with E-state index >= 15 is 0 Å². The number of rotatable bonds is 0. The first-order valence-corrected chi connectivity index (χ1v) is 5.79. The van der Waals surface area contributed by atoms with Crippen molar-refractivity contribution in [2.45, 2.75) is 0 Å². The number of hydrogen-bond acceptors (Lipinski definition) is 9. The molecular weight excluding hydrogens is 298 g/mol. The lowest BCUT2D eigenvalue weighted by molar-refractivity contribution is 0.487. The summed E-state index contributed by atoms with van der Waals surface area (Å²) in [5.74, 6) is 0. The van der Waals surface area contributed by atoms with E-state index in [1.54, 1.807) is 0 Å². The minimum atomic E-state index is -0.923. The Kier molecular flexibility index (Phi) is 3.14. The molecule has 0 aliphatic heterocycles. The van der Waals surface area contributed by atoms with Gasteiger partial charge in [-0.05, 0) is 0 Å². The monoisotopic (exact) mass is 303 g/mol. The topological polar surface area (TPSA) is 134 Å². The molecule has 0 aliphatic carbocycles. The molecule has 0 bridgehead atoms. The third-order valence-electron chi connectivity index (χ3n) is 2.45.